The number of anilines is 1. The largest absolute Gasteiger partial charge is 0.304 e. The third kappa shape index (κ3) is 3.21. The number of hydrogen-bond acceptors (Lipinski definition) is 5. The molecule has 0 aliphatic heterocycles. The van der Waals surface area contributed by atoms with E-state index in [-0.39, 0.29) is 5.82 Å². The van der Waals surface area contributed by atoms with Crippen LogP contribution < -0.4 is 5.32 Å². The van der Waals surface area contributed by atoms with Crippen LogP contribution in [0.2, 0.25) is 0 Å². The van der Waals surface area contributed by atoms with Crippen molar-refractivity contribution in [3.63, 3.8) is 0 Å². The summed E-state index contributed by atoms with van der Waals surface area (Å²) in [6.45, 7) is 2.41. The lowest BCUT2D eigenvalue weighted by Crippen LogP contribution is -2.17. The van der Waals surface area contributed by atoms with Crippen LogP contribution in [0.5, 0.6) is 0 Å². The van der Waals surface area contributed by atoms with Crippen molar-refractivity contribution in [2.45, 2.75) is 13.5 Å². The van der Waals surface area contributed by atoms with E-state index in [1.807, 2.05) is 31.2 Å². The molecule has 1 amide bonds. The van der Waals surface area contributed by atoms with E-state index in [0.29, 0.717) is 18.1 Å². The zero-order chi connectivity index (χ0) is 18.1. The maximum atomic E-state index is 12.5. The van der Waals surface area contributed by atoms with Crippen molar-refractivity contribution < 1.29 is 4.79 Å². The van der Waals surface area contributed by atoms with Gasteiger partial charge in [0.15, 0.2) is 0 Å². The number of hydrogen-bond donors (Lipinski definition) is 1. The Balaban J connectivity index is 1.55. The highest BCUT2D eigenvalue weighted by Crippen LogP contribution is 2.14. The molecule has 4 aromatic rings. The second kappa shape index (κ2) is 6.68. The minimum Gasteiger partial charge on any atom is -0.304 e. The van der Waals surface area contributed by atoms with Crippen molar-refractivity contribution in [2.75, 3.05) is 5.32 Å². The van der Waals surface area contributed by atoms with E-state index in [1.165, 1.54) is 4.52 Å². The molecule has 130 valence electrons. The molecule has 1 aromatic carbocycles. The maximum absolute atomic E-state index is 12.5. The number of fused-ring (bicyclic) bond motifs is 1. The van der Waals surface area contributed by atoms with Crippen molar-refractivity contribution in [3.05, 3.63) is 70.3 Å². The monoisotopic (exact) mass is 411 g/mol. The van der Waals surface area contributed by atoms with Gasteiger partial charge >= 0.3 is 0 Å². The normalized spacial score (nSPS) is 11.0. The summed E-state index contributed by atoms with van der Waals surface area (Å²) in [6.07, 6.45) is 3.27. The summed E-state index contributed by atoms with van der Waals surface area (Å²) in [5.41, 5.74) is 1.92. The molecule has 3 heterocycles. The number of benzene rings is 1. The Kier molecular flexibility index (Phi) is 4.21. The summed E-state index contributed by atoms with van der Waals surface area (Å²) in [4.78, 5) is 20.8. The van der Waals surface area contributed by atoms with Crippen LogP contribution in [0, 0.1) is 6.92 Å². The average molecular weight is 412 g/mol. The van der Waals surface area contributed by atoms with Crippen molar-refractivity contribution in [3.8, 4) is 0 Å². The van der Waals surface area contributed by atoms with Crippen LogP contribution in [0.25, 0.3) is 5.78 Å². The predicted molar refractivity (Wildman–Crippen MR) is 98.9 cm³/mol. The van der Waals surface area contributed by atoms with Gasteiger partial charge in [0.05, 0.1) is 12.7 Å². The molecular formula is C17H14BrN7O. The van der Waals surface area contributed by atoms with Crippen LogP contribution in [0.15, 0.2) is 53.3 Å². The Morgan fingerprint density at radius 3 is 2.73 bits per heavy atom. The minimum absolute atomic E-state index is 0.0585. The third-order valence-electron chi connectivity index (χ3n) is 3.84. The molecule has 0 radical (unpaired) electrons. The number of rotatable bonds is 4. The SMILES string of the molecule is Cc1ccnc2nc(C(=O)Nc3ccnn3Cc3ccc(Br)cc3)nn12. The summed E-state index contributed by atoms with van der Waals surface area (Å²) >= 11 is 3.42. The van der Waals surface area contributed by atoms with E-state index >= 15 is 0 Å². The van der Waals surface area contributed by atoms with Gasteiger partial charge in [-0.25, -0.2) is 14.2 Å². The van der Waals surface area contributed by atoms with Crippen LogP contribution in [0.4, 0.5) is 5.82 Å². The molecule has 9 heteroatoms. The zero-order valence-corrected chi connectivity index (χ0v) is 15.4. The quantitative estimate of drug-likeness (QED) is 0.557. The van der Waals surface area contributed by atoms with Gasteiger partial charge in [0.2, 0.25) is 5.82 Å². The Labute approximate surface area is 157 Å². The van der Waals surface area contributed by atoms with E-state index in [9.17, 15) is 4.79 Å². The first-order valence-corrected chi connectivity index (χ1v) is 8.65. The smallest absolute Gasteiger partial charge is 0.296 e. The molecule has 4 rings (SSSR count). The van der Waals surface area contributed by atoms with Gasteiger partial charge in [-0.3, -0.25) is 4.79 Å². The predicted octanol–water partition coefficient (Wildman–Crippen LogP) is 2.69. The fourth-order valence-electron chi connectivity index (χ4n) is 2.50. The molecule has 0 aliphatic rings. The number of carbonyl (C=O) groups is 1. The van der Waals surface area contributed by atoms with Gasteiger partial charge in [-0.15, -0.1) is 5.10 Å². The molecule has 8 nitrogen and oxygen atoms in total. The van der Waals surface area contributed by atoms with Crippen LogP contribution in [-0.4, -0.2) is 35.3 Å². The van der Waals surface area contributed by atoms with Gasteiger partial charge in [-0.2, -0.15) is 10.1 Å². The molecule has 0 saturated carbocycles. The highest BCUT2D eigenvalue weighted by atomic mass is 79.9. The van der Waals surface area contributed by atoms with E-state index in [0.717, 1.165) is 15.7 Å². The third-order valence-corrected chi connectivity index (χ3v) is 4.37. The number of nitrogens with one attached hydrogen (secondary N) is 1. The van der Waals surface area contributed by atoms with Crippen LogP contribution in [0.3, 0.4) is 0 Å². The van der Waals surface area contributed by atoms with Crippen LogP contribution >= 0.6 is 15.9 Å². The van der Waals surface area contributed by atoms with E-state index in [4.69, 9.17) is 0 Å². The average Bonchev–Trinajstić information content (AvgIpc) is 3.25. The number of amides is 1. The summed E-state index contributed by atoms with van der Waals surface area (Å²) in [6, 6.07) is 11.5. The Hall–Kier alpha value is -3.07. The van der Waals surface area contributed by atoms with E-state index in [1.54, 1.807) is 29.2 Å². The first-order valence-electron chi connectivity index (χ1n) is 7.86. The maximum Gasteiger partial charge on any atom is 0.296 e. The second-order valence-electron chi connectivity index (χ2n) is 5.69. The summed E-state index contributed by atoms with van der Waals surface area (Å²) in [7, 11) is 0. The molecule has 1 N–H and O–H groups in total. The number of halogens is 1. The van der Waals surface area contributed by atoms with Crippen molar-refractivity contribution in [2.24, 2.45) is 0 Å². The first-order chi connectivity index (χ1) is 12.6. The molecular weight excluding hydrogens is 398 g/mol. The highest BCUT2D eigenvalue weighted by molar-refractivity contribution is 9.10. The molecule has 0 atom stereocenters. The molecule has 0 fully saturated rings. The van der Waals surface area contributed by atoms with Crippen LogP contribution in [-0.2, 0) is 6.54 Å². The number of aromatic nitrogens is 6. The standard InChI is InChI=1S/C17H14BrN7O/c1-11-6-8-19-17-22-15(23-25(11)17)16(26)21-14-7-9-20-24(14)10-12-2-4-13(18)5-3-12/h2-9H,10H2,1H3,(H,21,26). The molecule has 0 bridgehead atoms. The summed E-state index contributed by atoms with van der Waals surface area (Å²) in [5, 5.41) is 11.3. The van der Waals surface area contributed by atoms with Crippen molar-refractivity contribution in [1.29, 1.82) is 0 Å². The number of nitrogens with zero attached hydrogens (tertiary/aromatic N) is 6. The minimum atomic E-state index is -0.410. The lowest BCUT2D eigenvalue weighted by molar-refractivity contribution is 0.101. The molecule has 3 aromatic heterocycles. The van der Waals surface area contributed by atoms with Gasteiger partial charge < -0.3 is 5.32 Å². The summed E-state index contributed by atoms with van der Waals surface area (Å²) < 4.78 is 4.26. The lowest BCUT2D eigenvalue weighted by Gasteiger charge is -2.08. The molecule has 0 unspecified atom stereocenters. The fourth-order valence-corrected chi connectivity index (χ4v) is 2.77. The molecule has 0 spiro atoms. The number of aryl methyl sites for hydroxylation is 1. The van der Waals surface area contributed by atoms with Gasteiger partial charge in [0.25, 0.3) is 11.7 Å². The van der Waals surface area contributed by atoms with Crippen molar-refractivity contribution >= 4 is 33.4 Å². The van der Waals surface area contributed by atoms with Gasteiger partial charge in [-0.05, 0) is 30.7 Å². The molecule has 26 heavy (non-hydrogen) atoms. The van der Waals surface area contributed by atoms with E-state index < -0.39 is 5.91 Å². The van der Waals surface area contributed by atoms with Gasteiger partial charge in [-0.1, -0.05) is 28.1 Å². The Bertz CT molecular complexity index is 1080. The number of carbonyl (C=O) groups excluding carboxylic acids is 1. The van der Waals surface area contributed by atoms with Crippen LogP contribution in [0.1, 0.15) is 21.9 Å². The van der Waals surface area contributed by atoms with E-state index in [2.05, 4.69) is 41.4 Å². The van der Waals surface area contributed by atoms with Gasteiger partial charge in [0.1, 0.15) is 5.82 Å². The fraction of sp³-hybridized carbons (Fsp3) is 0.118. The van der Waals surface area contributed by atoms with Crippen molar-refractivity contribution in [1.82, 2.24) is 29.4 Å². The zero-order valence-electron chi connectivity index (χ0n) is 13.8. The molecule has 0 aliphatic carbocycles. The van der Waals surface area contributed by atoms with Gasteiger partial charge in [0, 0.05) is 22.4 Å². The lowest BCUT2D eigenvalue weighted by atomic mass is 10.2. The highest BCUT2D eigenvalue weighted by Gasteiger charge is 2.16. The summed E-state index contributed by atoms with van der Waals surface area (Å²) in [5.74, 6) is 0.607. The topological polar surface area (TPSA) is 90.0 Å². The Morgan fingerprint density at radius 1 is 1.15 bits per heavy atom. The first kappa shape index (κ1) is 16.4. The molecule has 0 saturated heterocycles. The Morgan fingerprint density at radius 2 is 1.96 bits per heavy atom. The second-order valence-corrected chi connectivity index (χ2v) is 6.60.